The first kappa shape index (κ1) is 13.8. The minimum Gasteiger partial charge on any atom is -0.438 e. The second kappa shape index (κ2) is 6.04. The highest BCUT2D eigenvalue weighted by molar-refractivity contribution is 9.11. The van der Waals surface area contributed by atoms with Gasteiger partial charge in [0.25, 0.3) is 0 Å². The van der Waals surface area contributed by atoms with E-state index in [2.05, 4.69) is 43.8 Å². The van der Waals surface area contributed by atoms with E-state index in [0.717, 1.165) is 31.7 Å². The van der Waals surface area contributed by atoms with Gasteiger partial charge < -0.3 is 4.74 Å². The highest BCUT2D eigenvalue weighted by atomic mass is 79.9. The van der Waals surface area contributed by atoms with Crippen molar-refractivity contribution in [3.63, 3.8) is 0 Å². The molecule has 0 saturated carbocycles. The molecular formula is C13H10Br2ClNO. The smallest absolute Gasteiger partial charge is 0.233 e. The van der Waals surface area contributed by atoms with E-state index < -0.39 is 0 Å². The van der Waals surface area contributed by atoms with E-state index >= 15 is 0 Å². The van der Waals surface area contributed by atoms with E-state index in [1.54, 1.807) is 6.20 Å². The molecule has 0 atom stereocenters. The number of aryl methyl sites for hydroxylation is 1. The van der Waals surface area contributed by atoms with Gasteiger partial charge in [0.05, 0.1) is 4.47 Å². The number of halogens is 3. The Morgan fingerprint density at radius 1 is 1.28 bits per heavy atom. The largest absolute Gasteiger partial charge is 0.438 e. The zero-order chi connectivity index (χ0) is 13.1. The van der Waals surface area contributed by atoms with Crippen LogP contribution in [0.15, 0.2) is 39.4 Å². The van der Waals surface area contributed by atoms with Crippen LogP contribution in [0, 0.1) is 0 Å². The van der Waals surface area contributed by atoms with Crippen LogP contribution in [0.3, 0.4) is 0 Å². The predicted molar refractivity (Wildman–Crippen MR) is 80.5 cm³/mol. The summed E-state index contributed by atoms with van der Waals surface area (Å²) >= 11 is 12.8. The monoisotopic (exact) mass is 389 g/mol. The molecule has 2 nitrogen and oxygen atoms in total. The number of hydrogen-bond donors (Lipinski definition) is 0. The number of ether oxygens (including phenoxy) is 1. The van der Waals surface area contributed by atoms with Crippen LogP contribution in [0.25, 0.3) is 0 Å². The molecule has 94 valence electrons. The lowest BCUT2D eigenvalue weighted by molar-refractivity contribution is 0.459. The average Bonchev–Trinajstić information content (AvgIpc) is 2.35. The fourth-order valence-electron chi connectivity index (χ4n) is 1.47. The molecule has 1 aromatic carbocycles. The third kappa shape index (κ3) is 3.25. The quantitative estimate of drug-likeness (QED) is 0.678. The van der Waals surface area contributed by atoms with Gasteiger partial charge in [0.15, 0.2) is 0 Å². The van der Waals surface area contributed by atoms with Crippen LogP contribution < -0.4 is 4.74 Å². The maximum atomic E-state index is 6.06. The molecule has 0 spiro atoms. The van der Waals surface area contributed by atoms with Crippen molar-refractivity contribution in [3.05, 3.63) is 50.0 Å². The van der Waals surface area contributed by atoms with E-state index in [-0.39, 0.29) is 0 Å². The summed E-state index contributed by atoms with van der Waals surface area (Å²) in [4.78, 5) is 4.20. The van der Waals surface area contributed by atoms with Crippen molar-refractivity contribution in [1.82, 2.24) is 4.98 Å². The van der Waals surface area contributed by atoms with Crippen LogP contribution in [-0.2, 0) is 6.42 Å². The molecule has 0 fully saturated rings. The summed E-state index contributed by atoms with van der Waals surface area (Å²) in [5.41, 5.74) is 1.06. The average molecular weight is 391 g/mol. The van der Waals surface area contributed by atoms with Gasteiger partial charge in [0.1, 0.15) is 5.75 Å². The van der Waals surface area contributed by atoms with Gasteiger partial charge in [0.2, 0.25) is 5.88 Å². The zero-order valence-electron chi connectivity index (χ0n) is 9.58. The summed E-state index contributed by atoms with van der Waals surface area (Å²) < 4.78 is 7.42. The zero-order valence-corrected chi connectivity index (χ0v) is 13.5. The minimum atomic E-state index is 0.530. The second-order valence-electron chi connectivity index (χ2n) is 3.65. The second-order valence-corrected chi connectivity index (χ2v) is 5.83. The Balaban J connectivity index is 2.28. The summed E-state index contributed by atoms with van der Waals surface area (Å²) in [5, 5.41) is 0.757. The maximum absolute atomic E-state index is 6.06. The molecule has 1 aromatic heterocycles. The van der Waals surface area contributed by atoms with Gasteiger partial charge >= 0.3 is 0 Å². The molecule has 2 rings (SSSR count). The summed E-state index contributed by atoms with van der Waals surface area (Å²) in [5.74, 6) is 1.26. The Kier molecular flexibility index (Phi) is 4.65. The molecular weight excluding hydrogens is 381 g/mol. The Bertz CT molecular complexity index is 575. The SMILES string of the molecule is CCc1cc(Oc2ncc(Br)cc2Br)ccc1Cl. The molecule has 0 saturated heterocycles. The lowest BCUT2D eigenvalue weighted by atomic mass is 10.1. The number of nitrogens with zero attached hydrogens (tertiary/aromatic N) is 1. The van der Waals surface area contributed by atoms with E-state index in [1.165, 1.54) is 0 Å². The van der Waals surface area contributed by atoms with Crippen molar-refractivity contribution in [2.24, 2.45) is 0 Å². The van der Waals surface area contributed by atoms with Crippen molar-refractivity contribution >= 4 is 43.5 Å². The van der Waals surface area contributed by atoms with Gasteiger partial charge in [-0.1, -0.05) is 18.5 Å². The van der Waals surface area contributed by atoms with Gasteiger partial charge in [-0.2, -0.15) is 0 Å². The van der Waals surface area contributed by atoms with E-state index in [0.29, 0.717) is 5.88 Å². The fraction of sp³-hybridized carbons (Fsp3) is 0.154. The molecule has 2 aromatic rings. The van der Waals surface area contributed by atoms with E-state index in [9.17, 15) is 0 Å². The molecule has 5 heteroatoms. The summed E-state index contributed by atoms with van der Waals surface area (Å²) in [6, 6.07) is 7.48. The van der Waals surface area contributed by atoms with E-state index in [4.69, 9.17) is 16.3 Å². The molecule has 0 amide bonds. The predicted octanol–water partition coefficient (Wildman–Crippen LogP) is 5.61. The number of aromatic nitrogens is 1. The first-order valence-corrected chi connectivity index (χ1v) is 7.34. The first-order valence-electron chi connectivity index (χ1n) is 5.37. The Hall–Kier alpha value is -0.580. The van der Waals surface area contributed by atoms with Crippen LogP contribution in [0.5, 0.6) is 11.6 Å². The van der Waals surface area contributed by atoms with Crippen molar-refractivity contribution in [2.75, 3.05) is 0 Å². The van der Waals surface area contributed by atoms with Crippen LogP contribution >= 0.6 is 43.5 Å². The lowest BCUT2D eigenvalue weighted by Crippen LogP contribution is -1.91. The minimum absolute atomic E-state index is 0.530. The number of rotatable bonds is 3. The van der Waals surface area contributed by atoms with E-state index in [1.807, 2.05) is 24.3 Å². The molecule has 0 aliphatic carbocycles. The highest BCUT2D eigenvalue weighted by Gasteiger charge is 2.07. The Morgan fingerprint density at radius 3 is 2.72 bits per heavy atom. The fourth-order valence-corrected chi connectivity index (χ4v) is 2.79. The lowest BCUT2D eigenvalue weighted by Gasteiger charge is -2.09. The van der Waals surface area contributed by atoms with Gasteiger partial charge in [-0.05, 0) is 68.1 Å². The number of pyridine rings is 1. The topological polar surface area (TPSA) is 22.1 Å². The molecule has 0 bridgehead atoms. The van der Waals surface area contributed by atoms with Crippen LogP contribution in [-0.4, -0.2) is 4.98 Å². The van der Waals surface area contributed by atoms with Crippen molar-refractivity contribution < 1.29 is 4.74 Å². The van der Waals surface area contributed by atoms with Crippen molar-refractivity contribution in [3.8, 4) is 11.6 Å². The van der Waals surface area contributed by atoms with Gasteiger partial charge in [0, 0.05) is 15.7 Å². The highest BCUT2D eigenvalue weighted by Crippen LogP contribution is 2.31. The normalized spacial score (nSPS) is 10.4. The molecule has 0 radical (unpaired) electrons. The summed E-state index contributed by atoms with van der Waals surface area (Å²) in [6.07, 6.45) is 2.56. The third-order valence-corrected chi connectivity index (χ3v) is 3.76. The summed E-state index contributed by atoms with van der Waals surface area (Å²) in [7, 11) is 0. The third-order valence-electron chi connectivity index (χ3n) is 2.39. The first-order chi connectivity index (χ1) is 8.60. The molecule has 18 heavy (non-hydrogen) atoms. The molecule has 1 heterocycles. The number of benzene rings is 1. The molecule has 0 unspecified atom stereocenters. The Labute approximate surface area is 128 Å². The van der Waals surface area contributed by atoms with Crippen LogP contribution in [0.4, 0.5) is 0 Å². The maximum Gasteiger partial charge on any atom is 0.233 e. The van der Waals surface area contributed by atoms with Gasteiger partial charge in [-0.25, -0.2) is 4.98 Å². The summed E-state index contributed by atoms with van der Waals surface area (Å²) in [6.45, 7) is 2.05. The van der Waals surface area contributed by atoms with Crippen LogP contribution in [0.2, 0.25) is 5.02 Å². The van der Waals surface area contributed by atoms with Crippen molar-refractivity contribution in [2.45, 2.75) is 13.3 Å². The molecule has 0 N–H and O–H groups in total. The Morgan fingerprint density at radius 2 is 2.06 bits per heavy atom. The molecule has 0 aliphatic heterocycles. The molecule has 0 aliphatic rings. The number of hydrogen-bond acceptors (Lipinski definition) is 2. The van der Waals surface area contributed by atoms with Gasteiger partial charge in [-0.3, -0.25) is 0 Å². The van der Waals surface area contributed by atoms with Crippen LogP contribution in [0.1, 0.15) is 12.5 Å². The van der Waals surface area contributed by atoms with Gasteiger partial charge in [-0.15, -0.1) is 0 Å². The standard InChI is InChI=1S/C13H10Br2ClNO/c1-2-8-5-10(3-4-12(8)16)18-13-11(15)6-9(14)7-17-13/h3-7H,2H2,1H3. The van der Waals surface area contributed by atoms with Crippen molar-refractivity contribution in [1.29, 1.82) is 0 Å².